The first-order valence-corrected chi connectivity index (χ1v) is 6.63. The van der Waals surface area contributed by atoms with E-state index in [1.54, 1.807) is 4.68 Å². The zero-order chi connectivity index (χ0) is 12.8. The lowest BCUT2D eigenvalue weighted by Crippen LogP contribution is -2.29. The van der Waals surface area contributed by atoms with E-state index < -0.39 is 0 Å². The Hall–Kier alpha value is -2.35. The van der Waals surface area contributed by atoms with Crippen LogP contribution in [-0.4, -0.2) is 36.5 Å². The summed E-state index contributed by atoms with van der Waals surface area (Å²) in [7, 11) is 0. The van der Waals surface area contributed by atoms with Crippen molar-refractivity contribution in [1.29, 1.82) is 0 Å². The largest absolute Gasteiger partial charge is 0.335 e. The first kappa shape index (κ1) is 10.6. The van der Waals surface area contributed by atoms with Crippen LogP contribution in [0.2, 0.25) is 0 Å². The summed E-state index contributed by atoms with van der Waals surface area (Å²) >= 11 is 1.35. The second-order valence-electron chi connectivity index (χ2n) is 4.07. The summed E-state index contributed by atoms with van der Waals surface area (Å²) < 4.78 is 1.56. The molecule has 0 radical (unpaired) electrons. The highest BCUT2D eigenvalue weighted by atomic mass is 32.2. The van der Waals surface area contributed by atoms with Gasteiger partial charge in [-0.25, -0.2) is 9.66 Å². The number of fused-ring (bicyclic) bond motifs is 2. The lowest BCUT2D eigenvalue weighted by atomic mass is 10.3. The van der Waals surface area contributed by atoms with Crippen LogP contribution in [0.25, 0.3) is 22.7 Å². The van der Waals surface area contributed by atoms with Crippen LogP contribution in [0.1, 0.15) is 0 Å². The molecule has 19 heavy (non-hydrogen) atoms. The van der Waals surface area contributed by atoms with Crippen LogP contribution in [0.3, 0.4) is 0 Å². The Morgan fingerprint density at radius 2 is 2.16 bits per heavy atom. The van der Waals surface area contributed by atoms with Crippen LogP contribution in [0.15, 0.2) is 29.4 Å². The normalized spacial score (nSPS) is 14.4. The Labute approximate surface area is 111 Å². The number of carbonyl (C=O) groups is 1. The number of para-hydroxylation sites is 2. The summed E-state index contributed by atoms with van der Waals surface area (Å²) in [6.07, 6.45) is 0. The number of hydrogen-bond acceptors (Lipinski definition) is 5. The highest BCUT2D eigenvalue weighted by Gasteiger charge is 2.23. The van der Waals surface area contributed by atoms with Crippen molar-refractivity contribution in [3.05, 3.63) is 24.3 Å². The molecule has 1 amide bonds. The third-order valence-electron chi connectivity index (χ3n) is 2.80. The van der Waals surface area contributed by atoms with Crippen LogP contribution >= 0.6 is 11.8 Å². The minimum absolute atomic E-state index is 0.0744. The van der Waals surface area contributed by atoms with Crippen LogP contribution in [0.5, 0.6) is 0 Å². The standard InChI is InChI=1S/C11H8N6OS/c18-8-5-19-11-15-14-10(17(11)16-8)9-12-6-3-1-2-4-7(6)13-9/h1-4H,5H2,(H,12,13)(H,16,18). The number of H-pyrrole nitrogens is 1. The third kappa shape index (κ3) is 1.60. The van der Waals surface area contributed by atoms with E-state index in [0.717, 1.165) is 11.0 Å². The summed E-state index contributed by atoms with van der Waals surface area (Å²) in [5.41, 5.74) is 4.50. The summed E-state index contributed by atoms with van der Waals surface area (Å²) in [4.78, 5) is 19.1. The molecule has 2 N–H and O–H groups in total. The summed E-state index contributed by atoms with van der Waals surface area (Å²) in [5.74, 6) is 1.38. The molecule has 0 saturated carbocycles. The number of aromatic amines is 1. The first-order valence-electron chi connectivity index (χ1n) is 5.64. The zero-order valence-corrected chi connectivity index (χ0v) is 10.4. The summed E-state index contributed by atoms with van der Waals surface area (Å²) in [6, 6.07) is 7.70. The lowest BCUT2D eigenvalue weighted by Gasteiger charge is -2.14. The van der Waals surface area contributed by atoms with Crippen molar-refractivity contribution >= 4 is 28.7 Å². The van der Waals surface area contributed by atoms with E-state index in [4.69, 9.17) is 0 Å². The van der Waals surface area contributed by atoms with Gasteiger partial charge in [0.05, 0.1) is 16.8 Å². The number of imidazole rings is 1. The number of amides is 1. The number of carbonyl (C=O) groups excluding carboxylic acids is 1. The topological polar surface area (TPSA) is 88.5 Å². The Morgan fingerprint density at radius 1 is 1.26 bits per heavy atom. The highest BCUT2D eigenvalue weighted by molar-refractivity contribution is 7.99. The van der Waals surface area contributed by atoms with E-state index in [9.17, 15) is 4.79 Å². The van der Waals surface area contributed by atoms with Gasteiger partial charge in [-0.05, 0) is 12.1 Å². The van der Waals surface area contributed by atoms with Crippen molar-refractivity contribution in [2.75, 3.05) is 11.2 Å². The van der Waals surface area contributed by atoms with Gasteiger partial charge in [-0.1, -0.05) is 23.9 Å². The molecule has 0 saturated heterocycles. The van der Waals surface area contributed by atoms with E-state index in [-0.39, 0.29) is 5.91 Å². The van der Waals surface area contributed by atoms with E-state index in [1.807, 2.05) is 24.3 Å². The van der Waals surface area contributed by atoms with E-state index >= 15 is 0 Å². The van der Waals surface area contributed by atoms with E-state index in [1.165, 1.54) is 11.8 Å². The second kappa shape index (κ2) is 3.82. The van der Waals surface area contributed by atoms with Gasteiger partial charge in [0.25, 0.3) is 0 Å². The molecule has 8 heteroatoms. The fraction of sp³-hybridized carbons (Fsp3) is 0.0909. The zero-order valence-electron chi connectivity index (χ0n) is 9.62. The maximum absolute atomic E-state index is 11.4. The average Bonchev–Trinajstić information content (AvgIpc) is 3.00. The minimum Gasteiger partial charge on any atom is -0.335 e. The predicted molar refractivity (Wildman–Crippen MR) is 70.2 cm³/mol. The number of nitrogens with one attached hydrogen (secondary N) is 2. The van der Waals surface area contributed by atoms with Crippen LogP contribution in [0.4, 0.5) is 0 Å². The molecule has 2 aromatic heterocycles. The van der Waals surface area contributed by atoms with Gasteiger partial charge >= 0.3 is 0 Å². The number of nitrogens with zero attached hydrogens (tertiary/aromatic N) is 4. The monoisotopic (exact) mass is 272 g/mol. The van der Waals surface area contributed by atoms with Crippen molar-refractivity contribution < 1.29 is 4.79 Å². The number of thioether (sulfide) groups is 1. The van der Waals surface area contributed by atoms with Crippen molar-refractivity contribution in [3.63, 3.8) is 0 Å². The lowest BCUT2D eigenvalue weighted by molar-refractivity contribution is -0.114. The molecule has 94 valence electrons. The van der Waals surface area contributed by atoms with E-state index in [0.29, 0.717) is 22.6 Å². The van der Waals surface area contributed by atoms with Crippen LogP contribution < -0.4 is 5.43 Å². The second-order valence-corrected chi connectivity index (χ2v) is 5.01. The van der Waals surface area contributed by atoms with Gasteiger partial charge in [0.2, 0.25) is 16.9 Å². The summed E-state index contributed by atoms with van der Waals surface area (Å²) in [5, 5.41) is 8.78. The smallest absolute Gasteiger partial charge is 0.249 e. The molecule has 7 nitrogen and oxygen atoms in total. The molecular formula is C11H8N6OS. The fourth-order valence-electron chi connectivity index (χ4n) is 1.96. The maximum Gasteiger partial charge on any atom is 0.249 e. The van der Waals surface area contributed by atoms with Gasteiger partial charge in [-0.15, -0.1) is 10.2 Å². The Balaban J connectivity index is 1.88. The summed E-state index contributed by atoms with van der Waals surface area (Å²) in [6.45, 7) is 0. The molecule has 0 aliphatic carbocycles. The number of hydrogen-bond donors (Lipinski definition) is 2. The van der Waals surface area contributed by atoms with Crippen molar-refractivity contribution in [3.8, 4) is 11.6 Å². The van der Waals surface area contributed by atoms with Crippen LogP contribution in [-0.2, 0) is 4.79 Å². The molecular weight excluding hydrogens is 264 g/mol. The van der Waals surface area contributed by atoms with E-state index in [2.05, 4.69) is 25.6 Å². The van der Waals surface area contributed by atoms with Crippen molar-refractivity contribution in [2.24, 2.45) is 0 Å². The Morgan fingerprint density at radius 3 is 3.05 bits per heavy atom. The SMILES string of the molecule is O=C1CSc2nnc(-c3nc4ccccc4[nH]3)n2N1. The van der Waals surface area contributed by atoms with Gasteiger partial charge in [0.1, 0.15) is 0 Å². The van der Waals surface area contributed by atoms with Crippen molar-refractivity contribution in [2.45, 2.75) is 5.16 Å². The molecule has 0 fully saturated rings. The molecule has 0 atom stereocenters. The molecule has 0 bridgehead atoms. The molecule has 3 aromatic rings. The van der Waals surface area contributed by atoms with Gasteiger partial charge < -0.3 is 4.98 Å². The van der Waals surface area contributed by atoms with Gasteiger partial charge in [-0.2, -0.15) is 0 Å². The van der Waals surface area contributed by atoms with Crippen LogP contribution in [0, 0.1) is 0 Å². The molecule has 0 unspecified atom stereocenters. The average molecular weight is 272 g/mol. The van der Waals surface area contributed by atoms with Gasteiger partial charge in [0.15, 0.2) is 5.82 Å². The Bertz CT molecular complexity index is 758. The molecule has 3 heterocycles. The first-order chi connectivity index (χ1) is 9.31. The molecule has 1 aliphatic rings. The molecule has 0 spiro atoms. The number of benzene rings is 1. The van der Waals surface area contributed by atoms with Gasteiger partial charge in [0, 0.05) is 0 Å². The molecule has 1 aliphatic heterocycles. The quantitative estimate of drug-likeness (QED) is 0.690. The fourth-order valence-corrected chi connectivity index (χ4v) is 2.65. The minimum atomic E-state index is -0.0744. The third-order valence-corrected chi connectivity index (χ3v) is 3.73. The Kier molecular flexibility index (Phi) is 2.12. The number of aromatic nitrogens is 5. The molecule has 4 rings (SSSR count). The maximum atomic E-state index is 11.4. The van der Waals surface area contributed by atoms with Gasteiger partial charge in [-0.3, -0.25) is 10.2 Å². The van der Waals surface area contributed by atoms with Crippen molar-refractivity contribution in [1.82, 2.24) is 24.8 Å². The highest BCUT2D eigenvalue weighted by Crippen LogP contribution is 2.25. The molecule has 1 aromatic carbocycles. The predicted octanol–water partition coefficient (Wildman–Crippen LogP) is 0.997. The number of rotatable bonds is 1.